The van der Waals surface area contributed by atoms with Crippen molar-refractivity contribution >= 4 is 17.5 Å². The summed E-state index contributed by atoms with van der Waals surface area (Å²) >= 11 is 0. The van der Waals surface area contributed by atoms with E-state index >= 15 is 0 Å². The Kier molecular flexibility index (Phi) is 15.0. The molecule has 4 N–H and O–H groups in total. The number of aliphatic imine (C=N–C) groups is 1. The highest BCUT2D eigenvalue weighted by Gasteiger charge is 2.26. The average Bonchev–Trinajstić information content (AvgIpc) is 3.41. The third-order valence-electron chi connectivity index (χ3n) is 6.86. The Morgan fingerprint density at radius 1 is 1.18 bits per heavy atom. The maximum atomic E-state index is 10.8. The lowest BCUT2D eigenvalue weighted by atomic mass is 9.94. The topological polar surface area (TPSA) is 116 Å². The van der Waals surface area contributed by atoms with E-state index in [-0.39, 0.29) is 25.0 Å². The van der Waals surface area contributed by atoms with E-state index in [9.17, 15) is 15.3 Å². The molecule has 0 spiro atoms. The molecular weight excluding hydrogens is 554 g/mol. The van der Waals surface area contributed by atoms with Crippen LogP contribution in [0.25, 0.3) is 5.57 Å². The second-order valence-electron chi connectivity index (χ2n) is 10.7. The van der Waals surface area contributed by atoms with Crippen molar-refractivity contribution in [1.29, 1.82) is 0 Å². The first-order valence-electron chi connectivity index (χ1n) is 14.5. The van der Waals surface area contributed by atoms with E-state index in [2.05, 4.69) is 90.3 Å². The summed E-state index contributed by atoms with van der Waals surface area (Å²) in [7, 11) is 0. The Morgan fingerprint density at radius 2 is 1.93 bits per heavy atom. The lowest BCUT2D eigenvalue weighted by Gasteiger charge is -2.25. The molecule has 0 saturated heterocycles. The largest absolute Gasteiger partial charge is 0.457 e. The van der Waals surface area contributed by atoms with E-state index in [0.717, 1.165) is 24.0 Å². The minimum Gasteiger partial charge on any atom is -0.457 e. The van der Waals surface area contributed by atoms with Crippen molar-refractivity contribution in [1.82, 2.24) is 4.98 Å². The molecule has 1 heterocycles. The predicted octanol–water partition coefficient (Wildman–Crippen LogP) is 6.23. The summed E-state index contributed by atoms with van der Waals surface area (Å²) in [6.07, 6.45) is 31.1. The Hall–Kier alpha value is -4.26. The molecule has 0 radical (unpaired) electrons. The number of nitrogens with zero attached hydrogens (tertiary/aromatic N) is 2. The van der Waals surface area contributed by atoms with Crippen LogP contribution in [0.15, 0.2) is 113 Å². The van der Waals surface area contributed by atoms with Crippen LogP contribution in [0.1, 0.15) is 46.2 Å². The predicted molar refractivity (Wildman–Crippen MR) is 179 cm³/mol. The molecule has 8 heteroatoms. The van der Waals surface area contributed by atoms with Crippen LogP contribution in [-0.4, -0.2) is 52.4 Å². The number of terminal acetylenes is 1. The molecule has 3 rings (SSSR count). The number of pyridine rings is 1. The van der Waals surface area contributed by atoms with Gasteiger partial charge in [0.05, 0.1) is 24.2 Å². The van der Waals surface area contributed by atoms with E-state index in [4.69, 9.17) is 9.47 Å². The van der Waals surface area contributed by atoms with Gasteiger partial charge in [0, 0.05) is 23.1 Å². The van der Waals surface area contributed by atoms with Crippen molar-refractivity contribution in [3.8, 4) is 12.8 Å². The summed E-state index contributed by atoms with van der Waals surface area (Å²) in [4.78, 5) is 8.74. The molecule has 2 unspecified atom stereocenters. The molecular formula is C36H45N3O5. The zero-order valence-electron chi connectivity index (χ0n) is 26.1. The van der Waals surface area contributed by atoms with E-state index < -0.39 is 17.9 Å². The van der Waals surface area contributed by atoms with E-state index in [1.165, 1.54) is 5.57 Å². The molecule has 1 aromatic heterocycles. The summed E-state index contributed by atoms with van der Waals surface area (Å²) < 4.78 is 11.5. The van der Waals surface area contributed by atoms with Gasteiger partial charge in [-0.1, -0.05) is 82.0 Å². The number of hydrogen-bond acceptors (Lipinski definition) is 8. The number of rotatable bonds is 14. The Morgan fingerprint density at radius 3 is 2.59 bits per heavy atom. The van der Waals surface area contributed by atoms with Gasteiger partial charge in [-0.2, -0.15) is 0 Å². The van der Waals surface area contributed by atoms with Gasteiger partial charge in [0.1, 0.15) is 18.2 Å². The highest BCUT2D eigenvalue weighted by molar-refractivity contribution is 6.08. The van der Waals surface area contributed by atoms with Crippen molar-refractivity contribution in [2.24, 2.45) is 16.3 Å². The fourth-order valence-corrected chi connectivity index (χ4v) is 4.07. The fraction of sp³-hybridized carbons (Fsp3) is 0.333. The number of ether oxygens (including phenoxy) is 2. The molecule has 0 amide bonds. The van der Waals surface area contributed by atoms with Gasteiger partial charge in [0.25, 0.3) is 0 Å². The lowest BCUT2D eigenvalue weighted by Crippen LogP contribution is -2.33. The summed E-state index contributed by atoms with van der Waals surface area (Å²) in [5.41, 5.74) is 3.54. The summed E-state index contributed by atoms with van der Waals surface area (Å²) in [6, 6.07) is 3.62. The van der Waals surface area contributed by atoms with Gasteiger partial charge in [-0.25, -0.2) is 0 Å². The number of allylic oxidation sites excluding steroid dienone is 13. The second kappa shape index (κ2) is 18.4. The van der Waals surface area contributed by atoms with Crippen molar-refractivity contribution in [2.45, 2.75) is 53.1 Å². The normalized spacial score (nSPS) is 17.5. The highest BCUT2D eigenvalue weighted by atomic mass is 16.5. The highest BCUT2D eigenvalue weighted by Crippen LogP contribution is 2.27. The molecule has 0 fully saturated rings. The molecule has 2 atom stereocenters. The molecule has 0 aliphatic heterocycles. The monoisotopic (exact) mass is 599 g/mol. The minimum atomic E-state index is -1.47. The van der Waals surface area contributed by atoms with Gasteiger partial charge >= 0.3 is 0 Å². The van der Waals surface area contributed by atoms with Gasteiger partial charge in [0.2, 0.25) is 0 Å². The molecule has 0 aromatic carbocycles. The maximum Gasteiger partial charge on any atom is 0.183 e. The minimum absolute atomic E-state index is 0.0790. The van der Waals surface area contributed by atoms with Crippen molar-refractivity contribution in [2.75, 3.05) is 18.7 Å². The molecule has 1 aromatic rings. The van der Waals surface area contributed by atoms with Crippen LogP contribution >= 0.6 is 0 Å². The van der Waals surface area contributed by atoms with Crippen LogP contribution in [0, 0.1) is 24.2 Å². The SMILES string of the molecule is C#C.C=C(OC1=C(CC)C=CC(C2=CCC=CC=C2)C=C1)C(O)Nc1ccc(C(/C=N\COCC(C)(C)C(O)O)=C/C)nc1. The smallest absolute Gasteiger partial charge is 0.183 e. The lowest BCUT2D eigenvalue weighted by molar-refractivity contribution is -0.144. The molecule has 0 bridgehead atoms. The average molecular weight is 600 g/mol. The molecule has 44 heavy (non-hydrogen) atoms. The van der Waals surface area contributed by atoms with Crippen LogP contribution in [0.2, 0.25) is 0 Å². The van der Waals surface area contributed by atoms with Crippen molar-refractivity contribution in [3.63, 3.8) is 0 Å². The summed E-state index contributed by atoms with van der Waals surface area (Å²) in [6.45, 7) is 11.5. The first-order valence-corrected chi connectivity index (χ1v) is 14.5. The molecule has 234 valence electrons. The second-order valence-corrected chi connectivity index (χ2v) is 10.7. The van der Waals surface area contributed by atoms with Gasteiger partial charge < -0.3 is 30.1 Å². The Bertz CT molecular complexity index is 1360. The third-order valence-corrected chi connectivity index (χ3v) is 6.86. The summed E-state index contributed by atoms with van der Waals surface area (Å²) in [5, 5.41) is 32.5. The zero-order valence-corrected chi connectivity index (χ0v) is 26.1. The number of aliphatic hydroxyl groups is 3. The van der Waals surface area contributed by atoms with Crippen LogP contribution in [0.4, 0.5) is 5.69 Å². The van der Waals surface area contributed by atoms with Gasteiger partial charge in [-0.15, -0.1) is 12.8 Å². The Balaban J connectivity index is 0.00000330. The molecule has 2 aliphatic carbocycles. The van der Waals surface area contributed by atoms with Crippen LogP contribution in [0.5, 0.6) is 0 Å². The van der Waals surface area contributed by atoms with Crippen LogP contribution in [-0.2, 0) is 9.47 Å². The van der Waals surface area contributed by atoms with Crippen molar-refractivity contribution < 1.29 is 24.8 Å². The molecule has 0 saturated carbocycles. The van der Waals surface area contributed by atoms with Crippen LogP contribution < -0.4 is 5.32 Å². The van der Waals surface area contributed by atoms with Crippen molar-refractivity contribution in [3.05, 3.63) is 114 Å². The number of nitrogens with one attached hydrogen (secondary N) is 1. The Labute approximate surface area is 261 Å². The standard InChI is InChI=1S/C34H43N3O5.C2H2/c1-6-25-14-15-28(27-12-10-8-9-11-13-27)16-19-31(25)42-24(3)32(38)37-29-17-18-30(36-21-29)26(7-2)20-35-23-41-22-34(4,5)33(39)40;1-2/h7-10,12-21,28,32-33,37-40H,3,6,11,22-23H2,1-2,4-5H3;1-2H/b26-7+,35-20-;. The van der Waals surface area contributed by atoms with Gasteiger partial charge in [-0.3, -0.25) is 9.98 Å². The fourth-order valence-electron chi connectivity index (χ4n) is 4.07. The molecule has 8 nitrogen and oxygen atoms in total. The third kappa shape index (κ3) is 11.1. The van der Waals surface area contributed by atoms with E-state index in [1.54, 1.807) is 32.3 Å². The molecule has 2 aliphatic rings. The summed E-state index contributed by atoms with van der Waals surface area (Å²) in [5.74, 6) is 0.966. The van der Waals surface area contributed by atoms with Crippen LogP contribution in [0.3, 0.4) is 0 Å². The zero-order chi connectivity index (χ0) is 32.5. The quantitative estimate of drug-likeness (QED) is 0.0659. The van der Waals surface area contributed by atoms with Gasteiger partial charge in [-0.05, 0) is 49.1 Å². The first kappa shape index (κ1) is 35.9. The number of hydrogen-bond donors (Lipinski definition) is 4. The van der Waals surface area contributed by atoms with E-state index in [1.807, 2.05) is 25.1 Å². The maximum absolute atomic E-state index is 10.8. The van der Waals surface area contributed by atoms with E-state index in [0.29, 0.717) is 17.1 Å². The first-order chi connectivity index (χ1) is 21.1. The number of aromatic nitrogens is 1. The number of aliphatic hydroxyl groups excluding tert-OH is 2. The van der Waals surface area contributed by atoms with Gasteiger partial charge in [0.15, 0.2) is 12.5 Å². The number of anilines is 1.